The summed E-state index contributed by atoms with van der Waals surface area (Å²) >= 11 is 7.41. The number of ether oxygens (including phenoxy) is 1. The van der Waals surface area contributed by atoms with E-state index in [2.05, 4.69) is 4.98 Å². The van der Waals surface area contributed by atoms with Crippen LogP contribution in [0.4, 0.5) is 0 Å². The van der Waals surface area contributed by atoms with Gasteiger partial charge in [0.25, 0.3) is 0 Å². The lowest BCUT2D eigenvalue weighted by Crippen LogP contribution is -2.30. The van der Waals surface area contributed by atoms with Crippen LogP contribution in [0.3, 0.4) is 0 Å². The van der Waals surface area contributed by atoms with Gasteiger partial charge in [-0.25, -0.2) is 13.4 Å². The molecule has 5 nitrogen and oxygen atoms in total. The number of hydrogen-bond acceptors (Lipinski definition) is 5. The van der Waals surface area contributed by atoms with Gasteiger partial charge in [0.2, 0.25) is 10.0 Å². The maximum atomic E-state index is 13.1. The van der Waals surface area contributed by atoms with Crippen LogP contribution < -0.4 is 4.74 Å². The summed E-state index contributed by atoms with van der Waals surface area (Å²) in [5, 5.41) is 1.34. The van der Waals surface area contributed by atoms with Crippen LogP contribution in [0.15, 0.2) is 47.4 Å². The highest BCUT2D eigenvalue weighted by Gasteiger charge is 2.37. The summed E-state index contributed by atoms with van der Waals surface area (Å²) < 4.78 is 34.0. The van der Waals surface area contributed by atoms with Crippen LogP contribution in [-0.4, -0.2) is 31.4 Å². The summed E-state index contributed by atoms with van der Waals surface area (Å²) in [5.74, 6) is 0.768. The summed E-state index contributed by atoms with van der Waals surface area (Å²) in [6, 6.07) is 11.8. The average Bonchev–Trinajstić information content (AvgIpc) is 3.28. The number of fused-ring (bicyclic) bond motifs is 1. The SMILES string of the molecule is COc1ccc2nc(C3CCCN3S(=O)(=O)c3ccc(Cl)cc3)sc2c1. The minimum absolute atomic E-state index is 0.237. The van der Waals surface area contributed by atoms with Gasteiger partial charge in [0, 0.05) is 11.6 Å². The van der Waals surface area contributed by atoms with Crippen LogP contribution in [0.5, 0.6) is 5.75 Å². The summed E-state index contributed by atoms with van der Waals surface area (Å²) in [5.41, 5.74) is 0.863. The molecule has 0 N–H and O–H groups in total. The van der Waals surface area contributed by atoms with Crippen molar-refractivity contribution in [3.63, 3.8) is 0 Å². The van der Waals surface area contributed by atoms with E-state index in [1.54, 1.807) is 35.7 Å². The number of halogens is 1. The van der Waals surface area contributed by atoms with Crippen molar-refractivity contribution in [2.24, 2.45) is 0 Å². The van der Waals surface area contributed by atoms with Gasteiger partial charge in [0.05, 0.1) is 28.3 Å². The first-order valence-corrected chi connectivity index (χ1v) is 10.8. The Balaban J connectivity index is 1.71. The highest BCUT2D eigenvalue weighted by atomic mass is 35.5. The lowest BCUT2D eigenvalue weighted by molar-refractivity contribution is 0.396. The van der Waals surface area contributed by atoms with E-state index in [0.717, 1.165) is 33.8 Å². The Bertz CT molecular complexity index is 1050. The number of aromatic nitrogens is 1. The standard InChI is InChI=1S/C18H17ClN2O3S2/c1-24-13-6-9-15-17(11-13)25-18(20-15)16-3-2-10-21(16)26(22,23)14-7-4-12(19)5-8-14/h4-9,11,16H,2-3,10H2,1H3. The van der Waals surface area contributed by atoms with Crippen molar-refractivity contribution in [1.29, 1.82) is 0 Å². The van der Waals surface area contributed by atoms with Gasteiger partial charge in [-0.15, -0.1) is 11.3 Å². The number of methoxy groups -OCH3 is 1. The zero-order valence-corrected chi connectivity index (χ0v) is 16.4. The summed E-state index contributed by atoms with van der Waals surface area (Å²) in [7, 11) is -1.96. The molecular weight excluding hydrogens is 392 g/mol. The van der Waals surface area contributed by atoms with E-state index in [-0.39, 0.29) is 10.9 Å². The van der Waals surface area contributed by atoms with Gasteiger partial charge in [0.15, 0.2) is 0 Å². The third-order valence-corrected chi connectivity index (χ3v) is 7.81. The van der Waals surface area contributed by atoms with Crippen molar-refractivity contribution in [2.75, 3.05) is 13.7 Å². The molecular formula is C18H17ClN2O3S2. The number of thiazole rings is 1. The van der Waals surface area contributed by atoms with Crippen LogP contribution in [0, 0.1) is 0 Å². The Labute approximate surface area is 161 Å². The predicted octanol–water partition coefficient (Wildman–Crippen LogP) is 4.48. The van der Waals surface area contributed by atoms with Crippen LogP contribution in [0.1, 0.15) is 23.9 Å². The van der Waals surface area contributed by atoms with Gasteiger partial charge in [-0.3, -0.25) is 0 Å². The molecule has 1 aliphatic rings. The molecule has 0 aliphatic carbocycles. The normalized spacial score (nSPS) is 18.5. The van der Waals surface area contributed by atoms with E-state index in [1.165, 1.54) is 11.3 Å². The van der Waals surface area contributed by atoms with Gasteiger partial charge >= 0.3 is 0 Å². The number of rotatable bonds is 4. The third-order valence-electron chi connectivity index (χ3n) is 4.52. The Morgan fingerprint density at radius 3 is 2.73 bits per heavy atom. The first-order chi connectivity index (χ1) is 12.5. The largest absolute Gasteiger partial charge is 0.497 e. The summed E-state index contributed by atoms with van der Waals surface area (Å²) in [4.78, 5) is 4.94. The fourth-order valence-electron chi connectivity index (χ4n) is 3.21. The monoisotopic (exact) mass is 408 g/mol. The average molecular weight is 409 g/mol. The molecule has 136 valence electrons. The molecule has 26 heavy (non-hydrogen) atoms. The molecule has 1 aliphatic heterocycles. The minimum atomic E-state index is -3.59. The first kappa shape index (κ1) is 17.7. The van der Waals surface area contributed by atoms with Crippen LogP contribution in [-0.2, 0) is 10.0 Å². The fraction of sp³-hybridized carbons (Fsp3) is 0.278. The fourth-order valence-corrected chi connectivity index (χ4v) is 6.21. The Morgan fingerprint density at radius 2 is 2.00 bits per heavy atom. The molecule has 0 spiro atoms. The van der Waals surface area contributed by atoms with E-state index in [9.17, 15) is 8.42 Å². The van der Waals surface area contributed by atoms with Gasteiger partial charge < -0.3 is 4.74 Å². The Morgan fingerprint density at radius 1 is 1.23 bits per heavy atom. The molecule has 1 unspecified atom stereocenters. The zero-order chi connectivity index (χ0) is 18.3. The highest BCUT2D eigenvalue weighted by molar-refractivity contribution is 7.89. The number of hydrogen-bond donors (Lipinski definition) is 0. The van der Waals surface area contributed by atoms with Crippen molar-refractivity contribution in [3.05, 3.63) is 52.5 Å². The van der Waals surface area contributed by atoms with Crippen molar-refractivity contribution < 1.29 is 13.2 Å². The van der Waals surface area contributed by atoms with E-state index in [4.69, 9.17) is 16.3 Å². The van der Waals surface area contributed by atoms with E-state index < -0.39 is 10.0 Å². The lowest BCUT2D eigenvalue weighted by Gasteiger charge is -2.22. The molecule has 0 bridgehead atoms. The summed E-state index contributed by atoms with van der Waals surface area (Å²) in [6.07, 6.45) is 1.58. The predicted molar refractivity (Wildman–Crippen MR) is 103 cm³/mol. The molecule has 1 aromatic heterocycles. The lowest BCUT2D eigenvalue weighted by atomic mass is 10.2. The highest BCUT2D eigenvalue weighted by Crippen LogP contribution is 2.40. The molecule has 3 aromatic rings. The topological polar surface area (TPSA) is 59.5 Å². The smallest absolute Gasteiger partial charge is 0.243 e. The molecule has 1 saturated heterocycles. The maximum absolute atomic E-state index is 13.1. The third kappa shape index (κ3) is 3.09. The molecule has 4 rings (SSSR count). The second-order valence-electron chi connectivity index (χ2n) is 6.11. The quantitative estimate of drug-likeness (QED) is 0.638. The van der Waals surface area contributed by atoms with E-state index in [1.807, 2.05) is 18.2 Å². The Hall–Kier alpha value is -1.67. The molecule has 8 heteroatoms. The van der Waals surface area contributed by atoms with Gasteiger partial charge in [0.1, 0.15) is 10.8 Å². The second-order valence-corrected chi connectivity index (χ2v) is 9.50. The van der Waals surface area contributed by atoms with Crippen LogP contribution in [0.2, 0.25) is 5.02 Å². The van der Waals surface area contributed by atoms with Crippen molar-refractivity contribution in [3.8, 4) is 5.75 Å². The molecule has 0 radical (unpaired) electrons. The molecule has 0 amide bonds. The number of sulfonamides is 1. The zero-order valence-electron chi connectivity index (χ0n) is 14.1. The van der Waals surface area contributed by atoms with Gasteiger partial charge in [-0.05, 0) is 55.3 Å². The van der Waals surface area contributed by atoms with Gasteiger partial charge in [-0.2, -0.15) is 4.31 Å². The molecule has 1 fully saturated rings. The molecule has 0 saturated carbocycles. The minimum Gasteiger partial charge on any atom is -0.497 e. The second kappa shape index (κ2) is 6.81. The van der Waals surface area contributed by atoms with Crippen molar-refractivity contribution in [2.45, 2.75) is 23.8 Å². The van der Waals surface area contributed by atoms with Gasteiger partial charge in [-0.1, -0.05) is 11.6 Å². The Kier molecular flexibility index (Phi) is 4.64. The van der Waals surface area contributed by atoms with E-state index in [0.29, 0.717) is 11.6 Å². The molecule has 2 heterocycles. The van der Waals surface area contributed by atoms with E-state index >= 15 is 0 Å². The van der Waals surface area contributed by atoms with Crippen molar-refractivity contribution in [1.82, 2.24) is 9.29 Å². The maximum Gasteiger partial charge on any atom is 0.243 e. The summed E-state index contributed by atoms with van der Waals surface area (Å²) in [6.45, 7) is 0.495. The number of benzene rings is 2. The molecule has 2 aromatic carbocycles. The molecule has 1 atom stereocenters. The van der Waals surface area contributed by atoms with Crippen LogP contribution >= 0.6 is 22.9 Å². The van der Waals surface area contributed by atoms with Crippen LogP contribution in [0.25, 0.3) is 10.2 Å². The van der Waals surface area contributed by atoms with Crippen molar-refractivity contribution >= 4 is 43.2 Å². The first-order valence-electron chi connectivity index (χ1n) is 8.21. The number of nitrogens with zero attached hydrogens (tertiary/aromatic N) is 2.